The van der Waals surface area contributed by atoms with Crippen LogP contribution in [0.4, 0.5) is 0 Å². The zero-order chi connectivity index (χ0) is 38.3. The molecule has 5 aromatic rings. The smallest absolute Gasteiger partial charge is 0.338 e. The molecule has 5 aromatic carbocycles. The fraction of sp³-hybridized carbons (Fsp3) is 0.289. The van der Waals surface area contributed by atoms with Crippen molar-refractivity contribution >= 4 is 20.3 Å². The van der Waals surface area contributed by atoms with Crippen LogP contribution in [0.5, 0.6) is 0 Å². The summed E-state index contributed by atoms with van der Waals surface area (Å²) in [6.07, 6.45) is -6.41. The van der Waals surface area contributed by atoms with Crippen LogP contribution in [0.25, 0.3) is 0 Å². The van der Waals surface area contributed by atoms with E-state index in [0.29, 0.717) is 11.1 Å². The zero-order valence-electron chi connectivity index (χ0n) is 31.3. The van der Waals surface area contributed by atoms with Gasteiger partial charge in [0.15, 0.2) is 26.8 Å². The summed E-state index contributed by atoms with van der Waals surface area (Å²) >= 11 is 0. The molecular formula is C45H48O8Si. The van der Waals surface area contributed by atoms with Crippen molar-refractivity contribution in [3.05, 3.63) is 179 Å². The Bertz CT molecular complexity index is 1850. The minimum atomic E-state index is -2.65. The standard InChI is InChI=1S/C45H48O8Si/c1-44(2,3)54(4,5)53-40-39(52-42(47)33-23-13-7-14-24-33)38(51-41(46)32-21-11-6-12-22-32)37(50-43(40)48)31-49-45(34-25-15-8-16-26-34,35-27-17-9-18-28-35)36-29-19-10-20-30-36/h6-30,37-40,43,48H,31H2,1-5H3/t37-,38-,39+,40-,43+/m1/s1. The molecule has 0 aromatic heterocycles. The Kier molecular flexibility index (Phi) is 12.0. The fourth-order valence-corrected chi connectivity index (χ4v) is 7.74. The van der Waals surface area contributed by atoms with Gasteiger partial charge in [-0.2, -0.15) is 0 Å². The average Bonchev–Trinajstić information content (AvgIpc) is 3.19. The van der Waals surface area contributed by atoms with Crippen LogP contribution in [0, 0.1) is 0 Å². The van der Waals surface area contributed by atoms with Crippen LogP contribution in [0.2, 0.25) is 18.1 Å². The number of carbonyl (C=O) groups is 2. The van der Waals surface area contributed by atoms with Crippen LogP contribution < -0.4 is 0 Å². The lowest BCUT2D eigenvalue weighted by Gasteiger charge is -2.48. The first-order chi connectivity index (χ1) is 25.9. The third-order valence-electron chi connectivity index (χ3n) is 10.4. The summed E-state index contributed by atoms with van der Waals surface area (Å²) in [4.78, 5) is 27.8. The minimum Gasteiger partial charge on any atom is -0.452 e. The van der Waals surface area contributed by atoms with Gasteiger partial charge in [0.25, 0.3) is 0 Å². The second kappa shape index (κ2) is 16.6. The lowest BCUT2D eigenvalue weighted by Crippen LogP contribution is -2.64. The maximum Gasteiger partial charge on any atom is 0.338 e. The Labute approximate surface area is 318 Å². The maximum absolute atomic E-state index is 13.9. The highest BCUT2D eigenvalue weighted by molar-refractivity contribution is 6.74. The highest BCUT2D eigenvalue weighted by Gasteiger charge is 2.54. The topological polar surface area (TPSA) is 101 Å². The molecule has 0 amide bonds. The van der Waals surface area contributed by atoms with Gasteiger partial charge in [-0.1, -0.05) is 148 Å². The highest BCUT2D eigenvalue weighted by atomic mass is 28.4. The van der Waals surface area contributed by atoms with Crippen molar-refractivity contribution in [3.8, 4) is 0 Å². The van der Waals surface area contributed by atoms with E-state index in [2.05, 4.69) is 20.8 Å². The molecule has 0 aliphatic carbocycles. The third kappa shape index (κ3) is 8.41. The molecule has 280 valence electrons. The molecule has 1 fully saturated rings. The SMILES string of the molecule is CC(C)(C)[Si](C)(C)O[C@@H]1[C@@H](OC(=O)c2ccccc2)[C@H](OC(=O)c2ccccc2)[C@@H](COC(c2ccccc2)(c2ccccc2)c2ccccc2)O[C@@H]1O. The number of aliphatic hydroxyl groups excluding tert-OH is 1. The molecule has 6 rings (SSSR count). The molecule has 0 spiro atoms. The van der Waals surface area contributed by atoms with E-state index in [1.807, 2.05) is 104 Å². The second-order valence-electron chi connectivity index (χ2n) is 15.0. The van der Waals surface area contributed by atoms with Crippen LogP contribution >= 0.6 is 0 Å². The molecule has 1 heterocycles. The van der Waals surface area contributed by atoms with Gasteiger partial charge >= 0.3 is 11.9 Å². The molecule has 5 atom stereocenters. The summed E-state index contributed by atoms with van der Waals surface area (Å²) < 4.78 is 32.9. The second-order valence-corrected chi connectivity index (χ2v) is 19.7. The fourth-order valence-electron chi connectivity index (χ4n) is 6.46. The Morgan fingerprint density at radius 1 is 0.593 bits per heavy atom. The number of ether oxygens (including phenoxy) is 4. The minimum absolute atomic E-state index is 0.186. The van der Waals surface area contributed by atoms with Gasteiger partial charge in [0.05, 0.1) is 17.7 Å². The number of hydrogen-bond acceptors (Lipinski definition) is 8. The van der Waals surface area contributed by atoms with Crippen LogP contribution in [-0.4, -0.2) is 62.7 Å². The van der Waals surface area contributed by atoms with Crippen molar-refractivity contribution in [2.45, 2.75) is 75.2 Å². The van der Waals surface area contributed by atoms with Crippen LogP contribution in [-0.2, 0) is 29.0 Å². The molecule has 0 unspecified atom stereocenters. The van der Waals surface area contributed by atoms with Gasteiger partial charge in [-0.15, -0.1) is 0 Å². The van der Waals surface area contributed by atoms with E-state index in [1.165, 1.54) is 0 Å². The number of aliphatic hydroxyl groups is 1. The molecule has 0 radical (unpaired) electrons. The number of carbonyl (C=O) groups excluding carboxylic acids is 2. The number of esters is 2. The van der Waals surface area contributed by atoms with Crippen molar-refractivity contribution in [1.82, 2.24) is 0 Å². The summed E-state index contributed by atoms with van der Waals surface area (Å²) in [6, 6.07) is 46.6. The monoisotopic (exact) mass is 744 g/mol. The molecule has 0 saturated carbocycles. The van der Waals surface area contributed by atoms with E-state index >= 15 is 0 Å². The Hall–Kier alpha value is -4.90. The van der Waals surface area contributed by atoms with Crippen molar-refractivity contribution in [2.75, 3.05) is 6.61 Å². The number of benzene rings is 5. The molecule has 0 bridgehead atoms. The Morgan fingerprint density at radius 3 is 1.35 bits per heavy atom. The predicted octanol–water partition coefficient (Wildman–Crippen LogP) is 8.55. The van der Waals surface area contributed by atoms with Gasteiger partial charge in [-0.25, -0.2) is 9.59 Å². The zero-order valence-corrected chi connectivity index (χ0v) is 32.3. The van der Waals surface area contributed by atoms with Gasteiger partial charge in [-0.3, -0.25) is 0 Å². The molecule has 54 heavy (non-hydrogen) atoms. The first-order valence-electron chi connectivity index (χ1n) is 18.2. The summed E-state index contributed by atoms with van der Waals surface area (Å²) in [7, 11) is -2.65. The first kappa shape index (κ1) is 38.8. The lowest BCUT2D eigenvalue weighted by atomic mass is 9.80. The highest BCUT2D eigenvalue weighted by Crippen LogP contribution is 2.43. The van der Waals surface area contributed by atoms with Gasteiger partial charge < -0.3 is 28.5 Å². The van der Waals surface area contributed by atoms with E-state index in [0.717, 1.165) is 16.7 Å². The molecule has 8 nitrogen and oxygen atoms in total. The van der Waals surface area contributed by atoms with E-state index in [1.54, 1.807) is 60.7 Å². The summed E-state index contributed by atoms with van der Waals surface area (Å²) in [6.45, 7) is 10.1. The van der Waals surface area contributed by atoms with Crippen molar-refractivity contribution in [1.29, 1.82) is 0 Å². The van der Waals surface area contributed by atoms with E-state index in [-0.39, 0.29) is 11.6 Å². The first-order valence-corrected chi connectivity index (χ1v) is 21.2. The van der Waals surface area contributed by atoms with Crippen LogP contribution in [0.1, 0.15) is 58.2 Å². The molecule has 1 saturated heterocycles. The van der Waals surface area contributed by atoms with Gasteiger partial charge in [0.1, 0.15) is 17.8 Å². The summed E-state index contributed by atoms with van der Waals surface area (Å²) in [5, 5.41) is 11.6. The molecule has 1 aliphatic heterocycles. The van der Waals surface area contributed by atoms with Crippen molar-refractivity contribution in [2.24, 2.45) is 0 Å². The summed E-state index contributed by atoms with van der Waals surface area (Å²) in [5.41, 5.74) is 1.98. The normalized spacial score (nSPS) is 20.5. The summed E-state index contributed by atoms with van der Waals surface area (Å²) in [5.74, 6) is -1.32. The van der Waals surface area contributed by atoms with E-state index in [9.17, 15) is 14.7 Å². The number of rotatable bonds is 12. The Morgan fingerprint density at radius 2 is 0.963 bits per heavy atom. The number of hydrogen-bond donors (Lipinski definition) is 1. The Balaban J connectivity index is 1.46. The maximum atomic E-state index is 13.9. The molecular weight excluding hydrogens is 697 g/mol. The van der Waals surface area contributed by atoms with Crippen LogP contribution in [0.3, 0.4) is 0 Å². The van der Waals surface area contributed by atoms with E-state index in [4.69, 9.17) is 23.4 Å². The van der Waals surface area contributed by atoms with Gasteiger partial charge in [0, 0.05) is 0 Å². The largest absolute Gasteiger partial charge is 0.452 e. The average molecular weight is 745 g/mol. The van der Waals surface area contributed by atoms with Crippen LogP contribution in [0.15, 0.2) is 152 Å². The quantitative estimate of drug-likeness (QED) is 0.0771. The predicted molar refractivity (Wildman–Crippen MR) is 209 cm³/mol. The lowest BCUT2D eigenvalue weighted by molar-refractivity contribution is -0.286. The van der Waals surface area contributed by atoms with Crippen molar-refractivity contribution < 1.29 is 38.1 Å². The van der Waals surface area contributed by atoms with E-state index < -0.39 is 56.6 Å². The van der Waals surface area contributed by atoms with Gasteiger partial charge in [-0.05, 0) is 59.1 Å². The van der Waals surface area contributed by atoms with Gasteiger partial charge in [0.2, 0.25) is 0 Å². The third-order valence-corrected chi connectivity index (χ3v) is 14.8. The molecule has 1 N–H and O–H groups in total. The van der Waals surface area contributed by atoms with Crippen molar-refractivity contribution in [3.63, 3.8) is 0 Å². The molecule has 9 heteroatoms. The molecule has 1 aliphatic rings.